The first-order valence-electron chi connectivity index (χ1n) is 10.5. The number of benzene rings is 2. The zero-order valence-corrected chi connectivity index (χ0v) is 20.2. The standard InChI is InChI=1S/C13H18O2.C8H8O.C6H12O/c1-13(2,3)12(15)9-11(14)10-7-5-4-6-8-10;1-7(9)8-5-3-2-4-6-8;1-5(7)6(2,3)4/h4-8,12,15H,9H2,1-3H3;2-6H,1H3;1-4H3. The number of ketones is 3. The first kappa shape index (κ1) is 28.4. The van der Waals surface area contributed by atoms with Gasteiger partial charge in [0.2, 0.25) is 0 Å². The normalized spacial score (nSPS) is 11.8. The maximum atomic E-state index is 11.7. The summed E-state index contributed by atoms with van der Waals surface area (Å²) < 4.78 is 0. The zero-order valence-electron chi connectivity index (χ0n) is 20.2. The predicted molar refractivity (Wildman–Crippen MR) is 127 cm³/mol. The highest BCUT2D eigenvalue weighted by Gasteiger charge is 2.24. The molecule has 0 spiro atoms. The van der Waals surface area contributed by atoms with E-state index in [1.807, 2.05) is 90.1 Å². The second-order valence-corrected chi connectivity index (χ2v) is 9.60. The van der Waals surface area contributed by atoms with E-state index >= 15 is 0 Å². The summed E-state index contributed by atoms with van der Waals surface area (Å²) in [7, 11) is 0. The molecule has 0 aliphatic carbocycles. The van der Waals surface area contributed by atoms with E-state index in [-0.39, 0.29) is 34.6 Å². The Morgan fingerprint density at radius 1 is 0.742 bits per heavy atom. The van der Waals surface area contributed by atoms with Gasteiger partial charge in [-0.25, -0.2) is 0 Å². The highest BCUT2D eigenvalue weighted by molar-refractivity contribution is 5.96. The minimum atomic E-state index is -0.592. The van der Waals surface area contributed by atoms with Gasteiger partial charge in [0.05, 0.1) is 6.10 Å². The molecular weight excluding hydrogens is 388 g/mol. The Hall–Kier alpha value is -2.59. The van der Waals surface area contributed by atoms with Crippen LogP contribution in [0, 0.1) is 10.8 Å². The van der Waals surface area contributed by atoms with Crippen LogP contribution >= 0.6 is 0 Å². The number of rotatable bonds is 4. The van der Waals surface area contributed by atoms with E-state index in [4.69, 9.17) is 0 Å². The van der Waals surface area contributed by atoms with Gasteiger partial charge in [0.25, 0.3) is 0 Å². The summed E-state index contributed by atoms with van der Waals surface area (Å²) in [5.41, 5.74) is 1.06. The van der Waals surface area contributed by atoms with E-state index in [0.29, 0.717) is 5.56 Å². The van der Waals surface area contributed by atoms with Crippen molar-refractivity contribution in [2.24, 2.45) is 10.8 Å². The van der Waals surface area contributed by atoms with E-state index in [0.717, 1.165) is 5.56 Å². The molecule has 0 fully saturated rings. The third-order valence-electron chi connectivity index (χ3n) is 4.71. The SMILES string of the molecule is CC(=O)C(C)(C)C.CC(=O)c1ccccc1.CC(C)(C)C(O)CC(=O)c1ccccc1. The van der Waals surface area contributed by atoms with E-state index in [1.54, 1.807) is 26.0 Å². The average Bonchev–Trinajstić information content (AvgIpc) is 2.68. The first-order valence-corrected chi connectivity index (χ1v) is 10.5. The molecule has 31 heavy (non-hydrogen) atoms. The van der Waals surface area contributed by atoms with Crippen LogP contribution in [0.5, 0.6) is 0 Å². The predicted octanol–water partition coefficient (Wildman–Crippen LogP) is 6.18. The number of aliphatic hydroxyl groups is 1. The molecule has 4 nitrogen and oxygen atoms in total. The van der Waals surface area contributed by atoms with E-state index in [1.165, 1.54) is 0 Å². The molecule has 0 heterocycles. The molecule has 0 aliphatic heterocycles. The maximum absolute atomic E-state index is 11.7. The molecule has 2 aromatic rings. The molecule has 0 saturated carbocycles. The monoisotopic (exact) mass is 426 g/mol. The Morgan fingerprint density at radius 3 is 1.35 bits per heavy atom. The molecule has 0 saturated heterocycles. The number of carbonyl (C=O) groups is 3. The van der Waals surface area contributed by atoms with Crippen molar-refractivity contribution in [3.05, 3.63) is 71.8 Å². The van der Waals surface area contributed by atoms with Crippen LogP contribution in [0.15, 0.2) is 60.7 Å². The molecule has 2 rings (SSSR count). The summed E-state index contributed by atoms with van der Waals surface area (Å²) in [6.45, 7) is 14.7. The Kier molecular flexibility index (Phi) is 11.9. The summed E-state index contributed by atoms with van der Waals surface area (Å²) in [5, 5.41) is 9.80. The van der Waals surface area contributed by atoms with Crippen LogP contribution in [0.3, 0.4) is 0 Å². The summed E-state index contributed by atoms with van der Waals surface area (Å²) in [6.07, 6.45) is -0.404. The second kappa shape index (κ2) is 13.0. The molecule has 1 atom stereocenters. The summed E-state index contributed by atoms with van der Waals surface area (Å²) >= 11 is 0. The quantitative estimate of drug-likeness (QED) is 0.593. The minimum absolute atomic E-state index is 0.00183. The number of aliphatic hydroxyl groups excluding tert-OH is 1. The molecule has 0 aromatic heterocycles. The van der Waals surface area contributed by atoms with E-state index in [9.17, 15) is 19.5 Å². The topological polar surface area (TPSA) is 71.4 Å². The molecule has 2 aromatic carbocycles. The summed E-state index contributed by atoms with van der Waals surface area (Å²) in [5.74, 6) is 0.362. The van der Waals surface area contributed by atoms with Gasteiger partial charge in [0, 0.05) is 23.0 Å². The molecule has 170 valence electrons. The maximum Gasteiger partial charge on any atom is 0.165 e. The third-order valence-corrected chi connectivity index (χ3v) is 4.71. The van der Waals surface area contributed by atoms with Gasteiger partial charge < -0.3 is 5.11 Å². The minimum Gasteiger partial charge on any atom is -0.392 e. The van der Waals surface area contributed by atoms with E-state index in [2.05, 4.69) is 0 Å². The van der Waals surface area contributed by atoms with Crippen molar-refractivity contribution in [1.82, 2.24) is 0 Å². The Morgan fingerprint density at radius 2 is 1.10 bits per heavy atom. The smallest absolute Gasteiger partial charge is 0.165 e. The summed E-state index contributed by atoms with van der Waals surface area (Å²) in [6, 6.07) is 18.3. The average molecular weight is 427 g/mol. The van der Waals surface area contributed by atoms with Gasteiger partial charge in [0.1, 0.15) is 5.78 Å². The van der Waals surface area contributed by atoms with Crippen LogP contribution in [0.1, 0.15) is 82.5 Å². The van der Waals surface area contributed by atoms with Crippen LogP contribution in [0.2, 0.25) is 0 Å². The fourth-order valence-electron chi connectivity index (χ4n) is 1.90. The van der Waals surface area contributed by atoms with Crippen molar-refractivity contribution < 1.29 is 19.5 Å². The highest BCUT2D eigenvalue weighted by atomic mass is 16.3. The molecule has 0 bridgehead atoms. The Balaban J connectivity index is 0.000000479. The van der Waals surface area contributed by atoms with Crippen LogP contribution in [-0.4, -0.2) is 28.6 Å². The number of carbonyl (C=O) groups excluding carboxylic acids is 3. The summed E-state index contributed by atoms with van der Waals surface area (Å²) in [4.78, 5) is 32.9. The van der Waals surface area contributed by atoms with Gasteiger partial charge in [-0.15, -0.1) is 0 Å². The van der Waals surface area contributed by atoms with Crippen LogP contribution in [0.4, 0.5) is 0 Å². The van der Waals surface area contributed by atoms with Gasteiger partial charge in [-0.05, 0) is 19.3 Å². The molecule has 0 radical (unpaired) electrons. The van der Waals surface area contributed by atoms with Crippen molar-refractivity contribution in [3.63, 3.8) is 0 Å². The fourth-order valence-corrected chi connectivity index (χ4v) is 1.90. The highest BCUT2D eigenvalue weighted by Crippen LogP contribution is 2.22. The van der Waals surface area contributed by atoms with Crippen molar-refractivity contribution >= 4 is 17.3 Å². The Labute approximate surface area is 187 Å². The van der Waals surface area contributed by atoms with Gasteiger partial charge in [-0.3, -0.25) is 14.4 Å². The van der Waals surface area contributed by atoms with Gasteiger partial charge in [-0.2, -0.15) is 0 Å². The third kappa shape index (κ3) is 12.6. The lowest BCUT2D eigenvalue weighted by Gasteiger charge is -2.25. The van der Waals surface area contributed by atoms with Gasteiger partial charge >= 0.3 is 0 Å². The molecule has 0 aliphatic rings. The number of hydrogen-bond acceptors (Lipinski definition) is 4. The zero-order chi connectivity index (χ0) is 24.2. The first-order chi connectivity index (χ1) is 14.2. The lowest BCUT2D eigenvalue weighted by Crippen LogP contribution is -2.28. The molecule has 0 amide bonds. The molecule has 1 N–H and O–H groups in total. The fraction of sp³-hybridized carbons (Fsp3) is 0.444. The van der Waals surface area contributed by atoms with Crippen molar-refractivity contribution in [3.8, 4) is 0 Å². The van der Waals surface area contributed by atoms with Crippen LogP contribution in [0.25, 0.3) is 0 Å². The molecule has 1 unspecified atom stereocenters. The number of Topliss-reactive ketones (excluding diaryl/α,β-unsaturated/α-hetero) is 3. The number of hydrogen-bond donors (Lipinski definition) is 1. The lowest BCUT2D eigenvalue weighted by molar-refractivity contribution is -0.124. The van der Waals surface area contributed by atoms with Crippen LogP contribution in [-0.2, 0) is 4.79 Å². The largest absolute Gasteiger partial charge is 0.392 e. The second-order valence-electron chi connectivity index (χ2n) is 9.60. The van der Waals surface area contributed by atoms with Crippen molar-refractivity contribution in [2.45, 2.75) is 67.9 Å². The van der Waals surface area contributed by atoms with Crippen molar-refractivity contribution in [2.75, 3.05) is 0 Å². The van der Waals surface area contributed by atoms with E-state index < -0.39 is 6.10 Å². The molecular formula is C27H38O4. The molecule has 4 heteroatoms. The van der Waals surface area contributed by atoms with Gasteiger partial charge in [0.15, 0.2) is 11.6 Å². The van der Waals surface area contributed by atoms with Crippen LogP contribution < -0.4 is 0 Å². The van der Waals surface area contributed by atoms with Gasteiger partial charge in [-0.1, -0.05) is 102 Å². The lowest BCUT2D eigenvalue weighted by atomic mass is 9.85. The van der Waals surface area contributed by atoms with Crippen molar-refractivity contribution in [1.29, 1.82) is 0 Å². The Bertz CT molecular complexity index is 810.